The van der Waals surface area contributed by atoms with Crippen LogP contribution in [0.4, 0.5) is 0 Å². The van der Waals surface area contributed by atoms with Crippen molar-refractivity contribution in [3.8, 4) is 11.9 Å². The molecule has 2 heterocycles. The van der Waals surface area contributed by atoms with Crippen LogP contribution in [0.15, 0.2) is 6.07 Å². The molecule has 106 valence electrons. The second-order valence-corrected chi connectivity index (χ2v) is 6.46. The highest BCUT2D eigenvalue weighted by atomic mass is 32.2. The first-order chi connectivity index (χ1) is 9.05. The van der Waals surface area contributed by atoms with Crippen LogP contribution in [-0.2, 0) is 20.3 Å². The normalized spacial score (nSPS) is 19.4. The molecule has 0 spiro atoms. The minimum Gasteiger partial charge on any atom is -0.481 e. The summed E-state index contributed by atoms with van der Waals surface area (Å²) in [5.41, 5.74) is 0.357. The van der Waals surface area contributed by atoms with Crippen molar-refractivity contribution in [1.82, 2.24) is 9.97 Å². The summed E-state index contributed by atoms with van der Waals surface area (Å²) in [6.45, 7) is 0.738. The lowest BCUT2D eigenvalue weighted by Crippen LogP contribution is -2.23. The number of hydrogen-bond acceptors (Lipinski definition) is 7. The molecule has 1 saturated heterocycles. The van der Waals surface area contributed by atoms with Gasteiger partial charge in [0.25, 0.3) is 0 Å². The van der Waals surface area contributed by atoms with Crippen molar-refractivity contribution in [2.75, 3.05) is 27.4 Å². The van der Waals surface area contributed by atoms with Crippen LogP contribution >= 0.6 is 0 Å². The van der Waals surface area contributed by atoms with Crippen LogP contribution in [0.1, 0.15) is 12.1 Å². The van der Waals surface area contributed by atoms with Gasteiger partial charge in [-0.2, -0.15) is 9.97 Å². The summed E-state index contributed by atoms with van der Waals surface area (Å²) in [7, 11) is -0.426. The van der Waals surface area contributed by atoms with Gasteiger partial charge in [-0.3, -0.25) is 0 Å². The lowest BCUT2D eigenvalue weighted by atomic mass is 10.4. The van der Waals surface area contributed by atoms with Gasteiger partial charge in [0.15, 0.2) is 9.84 Å². The lowest BCUT2D eigenvalue weighted by Gasteiger charge is -2.10. The summed E-state index contributed by atoms with van der Waals surface area (Å²) < 4.78 is 39.4. The number of nitrogens with zero attached hydrogens (tertiary/aromatic N) is 2. The first-order valence-corrected chi connectivity index (χ1v) is 7.52. The van der Waals surface area contributed by atoms with Crippen LogP contribution in [0.3, 0.4) is 0 Å². The lowest BCUT2D eigenvalue weighted by molar-refractivity contribution is 0.198. The Balaban J connectivity index is 2.22. The molecule has 19 heavy (non-hydrogen) atoms. The fraction of sp³-hybridized carbons (Fsp3) is 0.636. The van der Waals surface area contributed by atoms with Crippen molar-refractivity contribution in [3.63, 3.8) is 0 Å². The Morgan fingerprint density at radius 2 is 2.16 bits per heavy atom. The number of sulfone groups is 1. The van der Waals surface area contributed by atoms with E-state index in [-0.39, 0.29) is 24.3 Å². The molecule has 0 aromatic carbocycles. The van der Waals surface area contributed by atoms with Crippen molar-refractivity contribution >= 4 is 9.84 Å². The topological polar surface area (TPSA) is 87.6 Å². The second-order valence-electron chi connectivity index (χ2n) is 4.18. The highest BCUT2D eigenvalue weighted by molar-refractivity contribution is 7.91. The Kier molecular flexibility index (Phi) is 4.20. The smallest absolute Gasteiger partial charge is 0.319 e. The van der Waals surface area contributed by atoms with Crippen LogP contribution in [0, 0.1) is 0 Å². The molecule has 8 heteroatoms. The van der Waals surface area contributed by atoms with Gasteiger partial charge in [0.2, 0.25) is 5.88 Å². The summed E-state index contributed by atoms with van der Waals surface area (Å²) in [6, 6.07) is 1.59. The van der Waals surface area contributed by atoms with Crippen molar-refractivity contribution in [3.05, 3.63) is 11.8 Å². The third kappa shape index (κ3) is 3.32. The average Bonchev–Trinajstić information content (AvgIpc) is 2.92. The van der Waals surface area contributed by atoms with Gasteiger partial charge in [0.1, 0.15) is 0 Å². The van der Waals surface area contributed by atoms with Gasteiger partial charge < -0.3 is 14.2 Å². The van der Waals surface area contributed by atoms with E-state index in [0.29, 0.717) is 18.7 Å². The van der Waals surface area contributed by atoms with Crippen molar-refractivity contribution in [2.24, 2.45) is 0 Å². The molecular formula is C11H16N2O5S. The first-order valence-electron chi connectivity index (χ1n) is 5.80. The first kappa shape index (κ1) is 14.0. The maximum absolute atomic E-state index is 12.2. The number of methoxy groups -OCH3 is 2. The van der Waals surface area contributed by atoms with Gasteiger partial charge in [0.05, 0.1) is 37.5 Å². The fourth-order valence-corrected chi connectivity index (χ4v) is 3.39. The Labute approximate surface area is 111 Å². The van der Waals surface area contributed by atoms with Crippen molar-refractivity contribution in [2.45, 2.75) is 17.4 Å². The van der Waals surface area contributed by atoms with Crippen LogP contribution < -0.4 is 9.47 Å². The van der Waals surface area contributed by atoms with E-state index in [9.17, 15) is 8.42 Å². The Hall–Kier alpha value is -1.41. The molecule has 0 saturated carbocycles. The molecule has 0 aliphatic carbocycles. The minimum absolute atomic E-state index is 0.0900. The summed E-state index contributed by atoms with van der Waals surface area (Å²) in [5.74, 6) is 0.107. The largest absolute Gasteiger partial charge is 0.481 e. The average molecular weight is 288 g/mol. The predicted octanol–water partition coefficient (Wildman–Crippen LogP) is 0.197. The van der Waals surface area contributed by atoms with Crippen LogP contribution in [0.5, 0.6) is 11.9 Å². The third-order valence-electron chi connectivity index (χ3n) is 2.87. The molecule has 0 N–H and O–H groups in total. The number of hydrogen-bond donors (Lipinski definition) is 0. The molecule has 0 bridgehead atoms. The molecule has 1 unspecified atom stereocenters. The predicted molar refractivity (Wildman–Crippen MR) is 67.0 cm³/mol. The van der Waals surface area contributed by atoms with Crippen LogP contribution in [0.25, 0.3) is 0 Å². The SMILES string of the molecule is COc1cc(CS(=O)(=O)C2CCOC2)nc(OC)n1. The molecule has 1 atom stereocenters. The maximum atomic E-state index is 12.2. The molecule has 0 amide bonds. The second kappa shape index (κ2) is 5.70. The summed E-state index contributed by atoms with van der Waals surface area (Å²) >= 11 is 0. The van der Waals surface area contributed by atoms with E-state index >= 15 is 0 Å². The molecular weight excluding hydrogens is 272 g/mol. The monoisotopic (exact) mass is 288 g/mol. The quantitative estimate of drug-likeness (QED) is 0.764. The van der Waals surface area contributed by atoms with E-state index in [0.717, 1.165) is 0 Å². The molecule has 1 aromatic rings. The molecule has 1 fully saturated rings. The molecule has 1 aliphatic heterocycles. The van der Waals surface area contributed by atoms with Gasteiger partial charge in [-0.1, -0.05) is 0 Å². The fourth-order valence-electron chi connectivity index (χ4n) is 1.84. The molecule has 7 nitrogen and oxygen atoms in total. The Bertz CT molecular complexity index is 518. The van der Waals surface area contributed by atoms with Gasteiger partial charge in [0, 0.05) is 12.7 Å². The van der Waals surface area contributed by atoms with E-state index in [1.165, 1.54) is 20.3 Å². The van der Waals surface area contributed by atoms with E-state index in [2.05, 4.69) is 9.97 Å². The zero-order valence-corrected chi connectivity index (χ0v) is 11.6. The highest BCUT2D eigenvalue weighted by Gasteiger charge is 2.30. The van der Waals surface area contributed by atoms with E-state index in [1.54, 1.807) is 0 Å². The third-order valence-corrected chi connectivity index (χ3v) is 4.96. The van der Waals surface area contributed by atoms with E-state index in [4.69, 9.17) is 14.2 Å². The number of aromatic nitrogens is 2. The molecule has 2 rings (SSSR count). The number of rotatable bonds is 5. The van der Waals surface area contributed by atoms with E-state index < -0.39 is 15.1 Å². The van der Waals surface area contributed by atoms with Gasteiger partial charge >= 0.3 is 6.01 Å². The van der Waals surface area contributed by atoms with Gasteiger partial charge in [-0.25, -0.2) is 8.42 Å². The molecule has 1 aliphatic rings. The minimum atomic E-state index is -3.29. The Morgan fingerprint density at radius 3 is 2.74 bits per heavy atom. The zero-order valence-electron chi connectivity index (χ0n) is 10.8. The van der Waals surface area contributed by atoms with Gasteiger partial charge in [-0.05, 0) is 6.42 Å². The molecule has 0 radical (unpaired) electrons. The van der Waals surface area contributed by atoms with Gasteiger partial charge in [-0.15, -0.1) is 0 Å². The maximum Gasteiger partial charge on any atom is 0.319 e. The van der Waals surface area contributed by atoms with E-state index in [1.807, 2.05) is 0 Å². The Morgan fingerprint density at radius 1 is 1.37 bits per heavy atom. The standard InChI is InChI=1S/C11H16N2O5S/c1-16-10-5-8(12-11(13-10)17-2)7-19(14,15)9-3-4-18-6-9/h5,9H,3-4,6-7H2,1-2H3. The zero-order chi connectivity index (χ0) is 13.9. The summed E-state index contributed by atoms with van der Waals surface area (Å²) in [6.07, 6.45) is 0.529. The molecule has 1 aromatic heterocycles. The van der Waals surface area contributed by atoms with Crippen molar-refractivity contribution < 1.29 is 22.6 Å². The van der Waals surface area contributed by atoms with Crippen LogP contribution in [-0.4, -0.2) is 51.1 Å². The van der Waals surface area contributed by atoms with Crippen LogP contribution in [0.2, 0.25) is 0 Å². The number of ether oxygens (including phenoxy) is 3. The van der Waals surface area contributed by atoms with Crippen molar-refractivity contribution in [1.29, 1.82) is 0 Å². The summed E-state index contributed by atoms with van der Waals surface area (Å²) in [4.78, 5) is 7.95. The highest BCUT2D eigenvalue weighted by Crippen LogP contribution is 2.20. The summed E-state index contributed by atoms with van der Waals surface area (Å²) in [5, 5.41) is -0.459.